The number of ether oxygens (including phenoxy) is 1. The number of benzene rings is 2. The minimum atomic E-state index is -1.10. The highest BCUT2D eigenvalue weighted by Crippen LogP contribution is 2.14. The largest absolute Gasteiger partial charge is 0.480 e. The van der Waals surface area contributed by atoms with E-state index >= 15 is 0 Å². The molecule has 0 aromatic heterocycles. The van der Waals surface area contributed by atoms with Gasteiger partial charge in [-0.05, 0) is 23.5 Å². The first-order chi connectivity index (χ1) is 15.3. The van der Waals surface area contributed by atoms with Crippen LogP contribution in [0.5, 0.6) is 0 Å². The fourth-order valence-electron chi connectivity index (χ4n) is 2.92. The Hall–Kier alpha value is -3.00. The minimum Gasteiger partial charge on any atom is -0.480 e. The predicted octanol–water partition coefficient (Wildman–Crippen LogP) is 3.83. The fraction of sp³-hybridized carbons (Fsp3) is 0.375. The third-order valence-corrected chi connectivity index (χ3v) is 5.65. The number of aliphatic carboxylic acids is 1. The van der Waals surface area contributed by atoms with Gasteiger partial charge < -0.3 is 20.5 Å². The molecule has 3 N–H and O–H groups in total. The van der Waals surface area contributed by atoms with Crippen molar-refractivity contribution in [2.75, 3.05) is 5.75 Å². The van der Waals surface area contributed by atoms with Crippen LogP contribution >= 0.6 is 11.8 Å². The van der Waals surface area contributed by atoms with Crippen LogP contribution < -0.4 is 10.6 Å². The molecule has 2 atom stereocenters. The lowest BCUT2D eigenvalue weighted by Gasteiger charge is -2.22. The van der Waals surface area contributed by atoms with Gasteiger partial charge in [0.25, 0.3) is 0 Å². The van der Waals surface area contributed by atoms with Crippen LogP contribution in [0.25, 0.3) is 0 Å². The molecule has 172 valence electrons. The molecule has 0 saturated carbocycles. The Bertz CT molecular complexity index is 861. The topological polar surface area (TPSA) is 105 Å². The highest BCUT2D eigenvalue weighted by atomic mass is 32.2. The predicted molar refractivity (Wildman–Crippen MR) is 125 cm³/mol. The number of hydrogen-bond donors (Lipinski definition) is 3. The first-order valence-electron chi connectivity index (χ1n) is 10.5. The number of rotatable bonds is 12. The molecule has 2 aromatic rings. The minimum absolute atomic E-state index is 0.0727. The average Bonchev–Trinajstić information content (AvgIpc) is 2.77. The Labute approximate surface area is 192 Å². The van der Waals surface area contributed by atoms with Crippen LogP contribution in [0.15, 0.2) is 60.7 Å². The number of carboxylic acid groups (broad SMARTS) is 1. The Kier molecular flexibility index (Phi) is 10.6. The second-order valence-corrected chi connectivity index (χ2v) is 8.82. The van der Waals surface area contributed by atoms with E-state index in [0.717, 1.165) is 11.1 Å². The van der Waals surface area contributed by atoms with Gasteiger partial charge in [0.2, 0.25) is 5.91 Å². The number of alkyl carbamates (subject to hydrolysis) is 1. The summed E-state index contributed by atoms with van der Waals surface area (Å²) in [5.41, 5.74) is 1.91. The molecule has 0 saturated heterocycles. The van der Waals surface area contributed by atoms with E-state index in [1.165, 1.54) is 11.8 Å². The normalized spacial score (nSPS) is 12.6. The number of hydrogen-bond acceptors (Lipinski definition) is 5. The fourth-order valence-corrected chi connectivity index (χ4v) is 3.94. The highest BCUT2D eigenvalue weighted by molar-refractivity contribution is 7.98. The van der Waals surface area contributed by atoms with E-state index in [4.69, 9.17) is 4.74 Å². The standard InChI is InChI=1S/C24H30N2O5S/c1-17(2)13-20(23(28)29)25-22(27)21(16-32-15-19-11-7-4-8-12-19)26-24(30)31-14-18-9-5-3-6-10-18/h3-12,17,20-21H,13-16H2,1-2H3,(H,25,27)(H,26,30)(H,28,29)/t20-,21-/m1/s1. The van der Waals surface area contributed by atoms with Crippen LogP contribution in [0.1, 0.15) is 31.4 Å². The molecular weight excluding hydrogens is 428 g/mol. The molecule has 32 heavy (non-hydrogen) atoms. The number of thioether (sulfide) groups is 1. The van der Waals surface area contributed by atoms with Crippen LogP contribution in [0, 0.1) is 5.92 Å². The summed E-state index contributed by atoms with van der Waals surface area (Å²) < 4.78 is 5.23. The summed E-state index contributed by atoms with van der Waals surface area (Å²) in [4.78, 5) is 36.7. The molecule has 0 spiro atoms. The van der Waals surface area contributed by atoms with Gasteiger partial charge >= 0.3 is 12.1 Å². The number of nitrogens with one attached hydrogen (secondary N) is 2. The summed E-state index contributed by atoms with van der Waals surface area (Å²) >= 11 is 1.47. The van der Waals surface area contributed by atoms with Gasteiger partial charge in [0.1, 0.15) is 18.7 Å². The van der Waals surface area contributed by atoms with Gasteiger partial charge in [-0.25, -0.2) is 9.59 Å². The van der Waals surface area contributed by atoms with E-state index in [2.05, 4.69) is 10.6 Å². The zero-order valence-corrected chi connectivity index (χ0v) is 19.1. The van der Waals surface area contributed by atoms with Crippen LogP contribution in [0.3, 0.4) is 0 Å². The molecule has 0 bridgehead atoms. The van der Waals surface area contributed by atoms with Crippen LogP contribution in [0.2, 0.25) is 0 Å². The highest BCUT2D eigenvalue weighted by Gasteiger charge is 2.27. The van der Waals surface area contributed by atoms with Crippen molar-refractivity contribution in [3.05, 3.63) is 71.8 Å². The zero-order valence-electron chi connectivity index (χ0n) is 18.3. The zero-order chi connectivity index (χ0) is 23.3. The number of carboxylic acids is 1. The summed E-state index contributed by atoms with van der Waals surface area (Å²) in [5, 5.41) is 14.6. The molecule has 0 heterocycles. The monoisotopic (exact) mass is 458 g/mol. The van der Waals surface area contributed by atoms with Crippen molar-refractivity contribution < 1.29 is 24.2 Å². The van der Waals surface area contributed by atoms with Gasteiger partial charge in [-0.1, -0.05) is 74.5 Å². The number of carbonyl (C=O) groups excluding carboxylic acids is 2. The second kappa shape index (κ2) is 13.4. The van der Waals surface area contributed by atoms with Crippen LogP contribution in [-0.2, 0) is 26.7 Å². The van der Waals surface area contributed by atoms with Crippen LogP contribution in [0.4, 0.5) is 4.79 Å². The third-order valence-electron chi connectivity index (χ3n) is 4.54. The van der Waals surface area contributed by atoms with E-state index in [9.17, 15) is 19.5 Å². The summed E-state index contributed by atoms with van der Waals surface area (Å²) in [5.74, 6) is -0.634. The van der Waals surface area contributed by atoms with E-state index in [1.54, 1.807) is 0 Å². The first kappa shape index (κ1) is 25.3. The molecule has 0 aliphatic carbocycles. The van der Waals surface area contributed by atoms with E-state index < -0.39 is 30.1 Å². The van der Waals surface area contributed by atoms with Crippen LogP contribution in [-0.4, -0.2) is 40.9 Å². The lowest BCUT2D eigenvalue weighted by Crippen LogP contribution is -2.53. The quantitative estimate of drug-likeness (QED) is 0.447. The molecule has 8 heteroatoms. The molecule has 2 rings (SSSR count). The Balaban J connectivity index is 1.98. The maximum absolute atomic E-state index is 12.8. The smallest absolute Gasteiger partial charge is 0.408 e. The van der Waals surface area contributed by atoms with Gasteiger partial charge in [-0.2, -0.15) is 11.8 Å². The Morgan fingerprint density at radius 2 is 1.50 bits per heavy atom. The second-order valence-electron chi connectivity index (χ2n) is 7.79. The molecule has 0 aliphatic heterocycles. The molecular formula is C24H30N2O5S. The molecule has 0 aliphatic rings. The van der Waals surface area contributed by atoms with E-state index in [1.807, 2.05) is 74.5 Å². The van der Waals surface area contributed by atoms with Gasteiger partial charge in [0.15, 0.2) is 0 Å². The Morgan fingerprint density at radius 1 is 0.906 bits per heavy atom. The van der Waals surface area contributed by atoms with Crippen molar-refractivity contribution in [3.63, 3.8) is 0 Å². The number of amides is 2. The van der Waals surface area contributed by atoms with Crippen molar-refractivity contribution in [2.24, 2.45) is 5.92 Å². The SMILES string of the molecule is CC(C)C[C@@H](NC(=O)[C@@H](CSCc1ccccc1)NC(=O)OCc1ccccc1)C(=O)O. The van der Waals surface area contributed by atoms with Crippen molar-refractivity contribution in [3.8, 4) is 0 Å². The molecule has 7 nitrogen and oxygen atoms in total. The average molecular weight is 459 g/mol. The molecule has 0 radical (unpaired) electrons. The van der Waals surface area contributed by atoms with Gasteiger partial charge in [0.05, 0.1) is 0 Å². The molecule has 0 unspecified atom stereocenters. The van der Waals surface area contributed by atoms with Crippen molar-refractivity contribution in [1.29, 1.82) is 0 Å². The summed E-state index contributed by atoms with van der Waals surface area (Å²) in [6.45, 7) is 3.84. The Morgan fingerprint density at radius 3 is 2.06 bits per heavy atom. The van der Waals surface area contributed by atoms with Gasteiger partial charge in [-0.3, -0.25) is 4.79 Å². The third kappa shape index (κ3) is 9.43. The first-order valence-corrected chi connectivity index (χ1v) is 11.6. The van der Waals surface area contributed by atoms with Gasteiger partial charge in [0, 0.05) is 11.5 Å². The maximum Gasteiger partial charge on any atom is 0.408 e. The van der Waals surface area contributed by atoms with Crippen molar-refractivity contribution in [1.82, 2.24) is 10.6 Å². The number of carbonyl (C=O) groups is 3. The molecule has 0 fully saturated rings. The summed E-state index contributed by atoms with van der Waals surface area (Å²) in [7, 11) is 0. The van der Waals surface area contributed by atoms with E-state index in [-0.39, 0.29) is 18.3 Å². The molecule has 2 amide bonds. The molecule has 2 aromatic carbocycles. The summed E-state index contributed by atoms with van der Waals surface area (Å²) in [6.07, 6.45) is -0.436. The van der Waals surface area contributed by atoms with Gasteiger partial charge in [-0.15, -0.1) is 0 Å². The lowest BCUT2D eigenvalue weighted by atomic mass is 10.0. The van der Waals surface area contributed by atoms with E-state index in [0.29, 0.717) is 12.2 Å². The lowest BCUT2D eigenvalue weighted by molar-refractivity contribution is -0.142. The summed E-state index contributed by atoms with van der Waals surface area (Å²) in [6, 6.07) is 17.0. The van der Waals surface area contributed by atoms with Crippen molar-refractivity contribution >= 4 is 29.7 Å². The van der Waals surface area contributed by atoms with Crippen molar-refractivity contribution in [2.45, 2.75) is 44.7 Å². The maximum atomic E-state index is 12.8.